The van der Waals surface area contributed by atoms with E-state index in [2.05, 4.69) is 133 Å². The maximum absolute atomic E-state index is 6.13. The third-order valence-electron chi connectivity index (χ3n) is 8.26. The highest BCUT2D eigenvalue weighted by Crippen LogP contribution is 2.38. The molecule has 41 heavy (non-hydrogen) atoms. The number of benzene rings is 5. The minimum Gasteiger partial charge on any atom is -0.456 e. The molecule has 196 valence electrons. The maximum atomic E-state index is 6.13. The molecule has 0 bridgehead atoms. The minimum absolute atomic E-state index is 0.895. The van der Waals surface area contributed by atoms with Crippen LogP contribution in [0.3, 0.4) is 0 Å². The monoisotopic (exact) mass is 528 g/mol. The Labute approximate surface area is 237 Å². The van der Waals surface area contributed by atoms with E-state index in [1.807, 2.05) is 18.2 Å². The van der Waals surface area contributed by atoms with Gasteiger partial charge >= 0.3 is 0 Å². The summed E-state index contributed by atoms with van der Waals surface area (Å²) in [5.74, 6) is 0. The maximum Gasteiger partial charge on any atom is 0.135 e. The number of furan rings is 1. The third kappa shape index (κ3) is 3.39. The lowest BCUT2D eigenvalue weighted by Crippen LogP contribution is -1.97. The van der Waals surface area contributed by atoms with Crippen LogP contribution >= 0.6 is 0 Å². The predicted octanol–water partition coefficient (Wildman–Crippen LogP) is 10.6. The quantitative estimate of drug-likeness (QED) is 0.223. The smallest absolute Gasteiger partial charge is 0.135 e. The van der Waals surface area contributed by atoms with Crippen LogP contribution in [-0.2, 0) is 0 Å². The number of aromatic nitrogens is 2. The Hall–Kier alpha value is -5.28. The summed E-state index contributed by atoms with van der Waals surface area (Å²) in [5, 5.41) is 5.95. The van der Waals surface area contributed by atoms with Gasteiger partial charge < -0.3 is 13.6 Å². The van der Waals surface area contributed by atoms with Gasteiger partial charge in [0, 0.05) is 43.9 Å². The van der Waals surface area contributed by atoms with Crippen molar-refractivity contribution >= 4 is 66.8 Å². The largest absolute Gasteiger partial charge is 0.456 e. The van der Waals surface area contributed by atoms with Gasteiger partial charge in [-0.05, 0) is 80.6 Å². The number of hydrogen-bond acceptors (Lipinski definition) is 1. The molecule has 0 aliphatic heterocycles. The minimum atomic E-state index is 0.895. The van der Waals surface area contributed by atoms with E-state index in [1.54, 1.807) is 0 Å². The van der Waals surface area contributed by atoms with Crippen LogP contribution < -0.4 is 0 Å². The van der Waals surface area contributed by atoms with E-state index < -0.39 is 0 Å². The number of nitrogens with zero attached hydrogens (tertiary/aromatic N) is 2. The summed E-state index contributed by atoms with van der Waals surface area (Å²) in [6.45, 7) is 8.47. The Bertz CT molecular complexity index is 2360. The van der Waals surface area contributed by atoms with E-state index in [4.69, 9.17) is 4.42 Å². The van der Waals surface area contributed by atoms with E-state index >= 15 is 0 Å². The fraction of sp³-hybridized carbons (Fsp3) is 0.0526. The summed E-state index contributed by atoms with van der Waals surface area (Å²) < 4.78 is 10.8. The summed E-state index contributed by atoms with van der Waals surface area (Å²) >= 11 is 0. The van der Waals surface area contributed by atoms with Gasteiger partial charge in [-0.25, -0.2) is 0 Å². The van der Waals surface area contributed by atoms with Crippen LogP contribution in [-0.4, -0.2) is 9.13 Å². The first-order valence-electron chi connectivity index (χ1n) is 14.0. The van der Waals surface area contributed by atoms with E-state index in [-0.39, 0.29) is 0 Å². The first-order chi connectivity index (χ1) is 20.2. The van der Waals surface area contributed by atoms with Crippen LogP contribution in [0.5, 0.6) is 0 Å². The van der Waals surface area contributed by atoms with Gasteiger partial charge in [0.25, 0.3) is 0 Å². The molecule has 0 aliphatic rings. The van der Waals surface area contributed by atoms with Gasteiger partial charge in [-0.2, -0.15) is 0 Å². The molecule has 3 heterocycles. The number of rotatable bonds is 4. The zero-order valence-corrected chi connectivity index (χ0v) is 23.1. The number of aryl methyl sites for hydroxylation is 1. The lowest BCUT2D eigenvalue weighted by atomic mass is 10.1. The molecule has 0 radical (unpaired) electrons. The van der Waals surface area contributed by atoms with Gasteiger partial charge in [0.05, 0.1) is 22.2 Å². The Morgan fingerprint density at radius 3 is 2.12 bits per heavy atom. The lowest BCUT2D eigenvalue weighted by Gasteiger charge is -2.11. The highest BCUT2D eigenvalue weighted by molar-refractivity contribution is 6.10. The van der Waals surface area contributed by atoms with Crippen LogP contribution in [0.15, 0.2) is 120 Å². The summed E-state index contributed by atoms with van der Waals surface area (Å²) in [5.41, 5.74) is 11.1. The molecule has 0 saturated heterocycles. The molecule has 0 unspecified atom stereocenters. The molecule has 8 aromatic rings. The van der Waals surface area contributed by atoms with E-state index in [9.17, 15) is 0 Å². The molecule has 0 amide bonds. The second-order valence-electron chi connectivity index (χ2n) is 10.7. The van der Waals surface area contributed by atoms with Gasteiger partial charge in [-0.1, -0.05) is 66.8 Å². The molecular weight excluding hydrogens is 500 g/mol. The van der Waals surface area contributed by atoms with Crippen molar-refractivity contribution < 1.29 is 4.42 Å². The summed E-state index contributed by atoms with van der Waals surface area (Å²) in [6, 6.07) is 36.9. The van der Waals surface area contributed by atoms with E-state index in [0.29, 0.717) is 0 Å². The number of fused-ring (bicyclic) bond motifs is 7. The predicted molar refractivity (Wildman–Crippen MR) is 174 cm³/mol. The summed E-state index contributed by atoms with van der Waals surface area (Å²) in [6.07, 6.45) is 6.26. The van der Waals surface area contributed by atoms with Crippen LogP contribution in [0, 0.1) is 6.92 Å². The second-order valence-corrected chi connectivity index (χ2v) is 10.7. The van der Waals surface area contributed by atoms with Crippen molar-refractivity contribution in [2.75, 3.05) is 0 Å². The molecule has 0 aliphatic carbocycles. The zero-order valence-electron chi connectivity index (χ0n) is 23.1. The standard InChI is InChI=1S/C38H28N2O/c1-4-10-33-27(5-2)31-22-25(40-34-13-8-6-11-28(34)30-21-24(3)15-18-35(30)40)16-19-36(31)39(33)26-17-20-38-32(23-26)29-12-7-9-14-37(29)41-38/h4-23H,2H2,1,3H3/b10-4-. The van der Waals surface area contributed by atoms with Crippen LogP contribution in [0.25, 0.3) is 78.2 Å². The van der Waals surface area contributed by atoms with Gasteiger partial charge in [0.2, 0.25) is 0 Å². The van der Waals surface area contributed by atoms with E-state index in [1.165, 1.54) is 32.8 Å². The lowest BCUT2D eigenvalue weighted by molar-refractivity contribution is 0.669. The van der Waals surface area contributed by atoms with Crippen molar-refractivity contribution in [2.45, 2.75) is 13.8 Å². The van der Waals surface area contributed by atoms with Gasteiger partial charge in [0.15, 0.2) is 0 Å². The molecule has 3 heteroatoms. The Morgan fingerprint density at radius 1 is 0.610 bits per heavy atom. The van der Waals surface area contributed by atoms with Crippen LogP contribution in [0.2, 0.25) is 0 Å². The van der Waals surface area contributed by atoms with Crippen molar-refractivity contribution in [3.63, 3.8) is 0 Å². The van der Waals surface area contributed by atoms with Crippen LogP contribution in [0.4, 0.5) is 0 Å². The average molecular weight is 529 g/mol. The Balaban J connectivity index is 1.42. The molecule has 0 fully saturated rings. The first-order valence-corrected chi connectivity index (χ1v) is 14.0. The fourth-order valence-corrected chi connectivity index (χ4v) is 6.49. The van der Waals surface area contributed by atoms with Gasteiger partial charge in [0.1, 0.15) is 11.2 Å². The number of para-hydroxylation sites is 2. The average Bonchev–Trinajstić information content (AvgIpc) is 3.63. The highest BCUT2D eigenvalue weighted by Gasteiger charge is 2.19. The topological polar surface area (TPSA) is 23.0 Å². The molecule has 0 atom stereocenters. The molecule has 3 nitrogen and oxygen atoms in total. The van der Waals surface area contributed by atoms with Crippen LogP contribution in [0.1, 0.15) is 23.7 Å². The molecule has 8 rings (SSSR count). The Kier molecular flexibility index (Phi) is 5.10. The zero-order chi connectivity index (χ0) is 27.7. The van der Waals surface area contributed by atoms with Crippen molar-refractivity contribution in [3.05, 3.63) is 133 Å². The third-order valence-corrected chi connectivity index (χ3v) is 8.26. The van der Waals surface area contributed by atoms with Crippen molar-refractivity contribution in [3.8, 4) is 11.4 Å². The van der Waals surface area contributed by atoms with Crippen molar-refractivity contribution in [2.24, 2.45) is 0 Å². The summed E-state index contributed by atoms with van der Waals surface area (Å²) in [7, 11) is 0. The van der Waals surface area contributed by atoms with Gasteiger partial charge in [-0.3, -0.25) is 0 Å². The normalized spacial score (nSPS) is 12.1. The van der Waals surface area contributed by atoms with Gasteiger partial charge in [-0.15, -0.1) is 0 Å². The molecular formula is C38H28N2O. The van der Waals surface area contributed by atoms with E-state index in [0.717, 1.165) is 50.1 Å². The summed E-state index contributed by atoms with van der Waals surface area (Å²) in [4.78, 5) is 0. The Morgan fingerprint density at radius 2 is 1.27 bits per heavy atom. The molecule has 0 saturated carbocycles. The fourth-order valence-electron chi connectivity index (χ4n) is 6.49. The molecule has 5 aromatic carbocycles. The SMILES string of the molecule is C=Cc1c(/C=C\C)n(-c2ccc3oc4ccccc4c3c2)c2ccc(-n3c4ccccc4c4cc(C)ccc43)cc12. The number of allylic oxidation sites excluding steroid dienone is 1. The molecule has 3 aromatic heterocycles. The highest BCUT2D eigenvalue weighted by atomic mass is 16.3. The number of hydrogen-bond donors (Lipinski definition) is 0. The van der Waals surface area contributed by atoms with Crippen molar-refractivity contribution in [1.29, 1.82) is 0 Å². The second kappa shape index (κ2) is 8.87. The first kappa shape index (κ1) is 23.6. The molecule has 0 spiro atoms. The molecule has 0 N–H and O–H groups in total. The van der Waals surface area contributed by atoms with Crippen molar-refractivity contribution in [1.82, 2.24) is 9.13 Å².